The summed E-state index contributed by atoms with van der Waals surface area (Å²) >= 11 is 0. The monoisotopic (exact) mass is 244 g/mol. The van der Waals surface area contributed by atoms with Crippen molar-refractivity contribution in [1.29, 1.82) is 0 Å². The molecule has 0 fully saturated rings. The quantitative estimate of drug-likeness (QED) is 0.764. The van der Waals surface area contributed by atoms with Crippen LogP contribution < -0.4 is 5.32 Å². The molecule has 0 aliphatic heterocycles. The number of aliphatic hydroxyl groups is 1. The van der Waals surface area contributed by atoms with Gasteiger partial charge in [-0.3, -0.25) is 9.78 Å². The summed E-state index contributed by atoms with van der Waals surface area (Å²) in [5, 5.41) is 21.3. The van der Waals surface area contributed by atoms with Crippen LogP contribution in [0.3, 0.4) is 0 Å². The molecule has 2 rings (SSSR count). The number of carbonyl (C=O) groups excluding carboxylic acids is 1. The fourth-order valence-corrected chi connectivity index (χ4v) is 1.55. The molecule has 2 aromatic rings. The fourth-order valence-electron chi connectivity index (χ4n) is 1.55. The Morgan fingerprint density at radius 1 is 1.28 bits per heavy atom. The van der Waals surface area contributed by atoms with Gasteiger partial charge in [0.05, 0.1) is 18.4 Å². The molecule has 0 bridgehead atoms. The molecule has 0 radical (unpaired) electrons. The number of pyridine rings is 1. The van der Waals surface area contributed by atoms with Gasteiger partial charge < -0.3 is 15.5 Å². The molecule has 5 nitrogen and oxygen atoms in total. The van der Waals surface area contributed by atoms with Gasteiger partial charge in [0.25, 0.3) is 5.91 Å². The van der Waals surface area contributed by atoms with Crippen LogP contribution in [0.15, 0.2) is 42.7 Å². The lowest BCUT2D eigenvalue weighted by Crippen LogP contribution is -2.13. The molecule has 0 aliphatic carbocycles. The standard InChI is InChI=1S/C13H12N2O3/c16-8-9-3-1-2-4-11(9)15-13(18)10-5-6-14-7-12(10)17/h1-7,16-17H,8H2,(H,15,18). The van der Waals surface area contributed by atoms with E-state index < -0.39 is 5.91 Å². The number of benzene rings is 1. The third kappa shape index (κ3) is 2.46. The number of para-hydroxylation sites is 1. The average molecular weight is 244 g/mol. The maximum Gasteiger partial charge on any atom is 0.259 e. The number of amides is 1. The van der Waals surface area contributed by atoms with Crippen molar-refractivity contribution in [2.75, 3.05) is 5.32 Å². The molecule has 0 aliphatic rings. The van der Waals surface area contributed by atoms with Gasteiger partial charge in [-0.2, -0.15) is 0 Å². The number of aliphatic hydroxyl groups excluding tert-OH is 1. The molecule has 1 aromatic carbocycles. The summed E-state index contributed by atoms with van der Waals surface area (Å²) in [7, 11) is 0. The van der Waals surface area contributed by atoms with Gasteiger partial charge in [-0.15, -0.1) is 0 Å². The third-order valence-corrected chi connectivity index (χ3v) is 2.48. The number of nitrogens with one attached hydrogen (secondary N) is 1. The summed E-state index contributed by atoms with van der Waals surface area (Å²) in [4.78, 5) is 15.6. The number of carbonyl (C=O) groups is 1. The third-order valence-electron chi connectivity index (χ3n) is 2.48. The van der Waals surface area contributed by atoms with Gasteiger partial charge in [0, 0.05) is 17.4 Å². The van der Waals surface area contributed by atoms with E-state index in [-0.39, 0.29) is 17.9 Å². The van der Waals surface area contributed by atoms with E-state index in [2.05, 4.69) is 10.3 Å². The number of aromatic nitrogens is 1. The van der Waals surface area contributed by atoms with E-state index in [1.54, 1.807) is 24.3 Å². The van der Waals surface area contributed by atoms with Crippen LogP contribution in [0.4, 0.5) is 5.69 Å². The van der Waals surface area contributed by atoms with E-state index in [1.807, 2.05) is 0 Å². The molecule has 1 heterocycles. The van der Waals surface area contributed by atoms with Crippen LogP contribution in [0, 0.1) is 0 Å². The maximum absolute atomic E-state index is 11.9. The first kappa shape index (κ1) is 12.1. The minimum Gasteiger partial charge on any atom is -0.505 e. The van der Waals surface area contributed by atoms with Gasteiger partial charge in [-0.1, -0.05) is 18.2 Å². The first-order valence-electron chi connectivity index (χ1n) is 5.35. The zero-order valence-electron chi connectivity index (χ0n) is 9.50. The van der Waals surface area contributed by atoms with Crippen molar-refractivity contribution in [2.45, 2.75) is 6.61 Å². The van der Waals surface area contributed by atoms with Gasteiger partial charge in [0.2, 0.25) is 0 Å². The lowest BCUT2D eigenvalue weighted by atomic mass is 10.1. The largest absolute Gasteiger partial charge is 0.505 e. The Kier molecular flexibility index (Phi) is 3.54. The van der Waals surface area contributed by atoms with E-state index >= 15 is 0 Å². The van der Waals surface area contributed by atoms with Crippen molar-refractivity contribution in [3.8, 4) is 5.75 Å². The summed E-state index contributed by atoms with van der Waals surface area (Å²) < 4.78 is 0. The molecule has 0 unspecified atom stereocenters. The number of nitrogens with zero attached hydrogens (tertiary/aromatic N) is 1. The van der Waals surface area contributed by atoms with Gasteiger partial charge in [0.1, 0.15) is 5.75 Å². The smallest absolute Gasteiger partial charge is 0.259 e. The van der Waals surface area contributed by atoms with Crippen molar-refractivity contribution in [3.63, 3.8) is 0 Å². The Balaban J connectivity index is 2.24. The normalized spacial score (nSPS) is 10.1. The molecule has 0 saturated heterocycles. The van der Waals surface area contributed by atoms with Crippen LogP contribution in [0.5, 0.6) is 5.75 Å². The summed E-state index contributed by atoms with van der Waals surface area (Å²) in [6.45, 7) is -0.168. The Morgan fingerprint density at radius 3 is 2.78 bits per heavy atom. The van der Waals surface area contributed by atoms with Crippen LogP contribution in [0.1, 0.15) is 15.9 Å². The average Bonchev–Trinajstić information content (AvgIpc) is 2.39. The lowest BCUT2D eigenvalue weighted by molar-refractivity contribution is 0.102. The highest BCUT2D eigenvalue weighted by molar-refractivity contribution is 6.06. The molecule has 0 spiro atoms. The lowest BCUT2D eigenvalue weighted by Gasteiger charge is -2.09. The Morgan fingerprint density at radius 2 is 2.06 bits per heavy atom. The molecule has 0 saturated carbocycles. The fraction of sp³-hybridized carbons (Fsp3) is 0.0769. The molecular weight excluding hydrogens is 232 g/mol. The van der Waals surface area contributed by atoms with Gasteiger partial charge >= 0.3 is 0 Å². The van der Waals surface area contributed by atoms with Crippen LogP contribution >= 0.6 is 0 Å². The number of rotatable bonds is 3. The van der Waals surface area contributed by atoms with Crippen molar-refractivity contribution in [1.82, 2.24) is 4.98 Å². The van der Waals surface area contributed by atoms with E-state index in [1.165, 1.54) is 18.5 Å². The highest BCUT2D eigenvalue weighted by Gasteiger charge is 2.12. The predicted octanol–water partition coefficient (Wildman–Crippen LogP) is 1.53. The van der Waals surface area contributed by atoms with E-state index in [9.17, 15) is 9.90 Å². The van der Waals surface area contributed by atoms with Crippen LogP contribution in [-0.4, -0.2) is 21.1 Å². The second-order valence-electron chi connectivity index (χ2n) is 3.66. The molecular formula is C13H12N2O3. The van der Waals surface area contributed by atoms with Gasteiger partial charge in [-0.25, -0.2) is 0 Å². The minimum atomic E-state index is -0.448. The first-order chi connectivity index (χ1) is 8.72. The highest BCUT2D eigenvalue weighted by atomic mass is 16.3. The molecule has 18 heavy (non-hydrogen) atoms. The minimum absolute atomic E-state index is 0.137. The number of hydrogen-bond acceptors (Lipinski definition) is 4. The van der Waals surface area contributed by atoms with Crippen molar-refractivity contribution >= 4 is 11.6 Å². The van der Waals surface area contributed by atoms with Crippen molar-refractivity contribution in [2.24, 2.45) is 0 Å². The maximum atomic E-state index is 11.9. The highest BCUT2D eigenvalue weighted by Crippen LogP contribution is 2.19. The summed E-state index contributed by atoms with van der Waals surface area (Å²) in [5.74, 6) is -0.632. The molecule has 1 amide bonds. The number of anilines is 1. The van der Waals surface area contributed by atoms with E-state index in [0.29, 0.717) is 11.3 Å². The molecule has 1 aromatic heterocycles. The van der Waals surface area contributed by atoms with Crippen LogP contribution in [0.2, 0.25) is 0 Å². The Hall–Kier alpha value is -2.40. The van der Waals surface area contributed by atoms with E-state index in [0.717, 1.165) is 0 Å². The zero-order chi connectivity index (χ0) is 13.0. The van der Waals surface area contributed by atoms with Gasteiger partial charge in [-0.05, 0) is 12.1 Å². The molecule has 3 N–H and O–H groups in total. The topological polar surface area (TPSA) is 82.5 Å². The van der Waals surface area contributed by atoms with Crippen LogP contribution in [-0.2, 0) is 6.61 Å². The second kappa shape index (κ2) is 5.29. The van der Waals surface area contributed by atoms with Crippen molar-refractivity contribution < 1.29 is 15.0 Å². The van der Waals surface area contributed by atoms with E-state index in [4.69, 9.17) is 5.11 Å². The number of hydrogen-bond donors (Lipinski definition) is 3. The first-order valence-corrected chi connectivity index (χ1v) is 5.35. The Bertz CT molecular complexity index is 570. The summed E-state index contributed by atoms with van der Waals surface area (Å²) in [6.07, 6.45) is 2.62. The molecule has 0 atom stereocenters. The van der Waals surface area contributed by atoms with Crippen molar-refractivity contribution in [3.05, 3.63) is 53.9 Å². The summed E-state index contributed by atoms with van der Waals surface area (Å²) in [5.41, 5.74) is 1.26. The van der Waals surface area contributed by atoms with Gasteiger partial charge in [0.15, 0.2) is 0 Å². The Labute approximate surface area is 104 Å². The van der Waals surface area contributed by atoms with Crippen LogP contribution in [0.25, 0.3) is 0 Å². The number of aromatic hydroxyl groups is 1. The SMILES string of the molecule is O=C(Nc1ccccc1CO)c1ccncc1O. The predicted molar refractivity (Wildman–Crippen MR) is 66.2 cm³/mol. The summed E-state index contributed by atoms with van der Waals surface area (Å²) in [6, 6.07) is 8.34. The molecule has 92 valence electrons. The molecule has 5 heteroatoms. The zero-order valence-corrected chi connectivity index (χ0v) is 9.50. The second-order valence-corrected chi connectivity index (χ2v) is 3.66.